The number of aliphatic hydroxyl groups is 2. The molecule has 228 valence electrons. The van der Waals surface area contributed by atoms with E-state index in [4.69, 9.17) is 5.73 Å². The van der Waals surface area contributed by atoms with Gasteiger partial charge in [0.2, 0.25) is 11.8 Å². The highest BCUT2D eigenvalue weighted by molar-refractivity contribution is 5.92. The first-order chi connectivity index (χ1) is 20.8. The van der Waals surface area contributed by atoms with Gasteiger partial charge in [-0.05, 0) is 59.7 Å². The monoisotopic (exact) mass is 590 g/mol. The molecule has 0 spiro atoms. The molecule has 4 rings (SSSR count). The lowest BCUT2D eigenvalue weighted by Crippen LogP contribution is -2.45. The number of halogens is 1. The highest BCUT2D eigenvalue weighted by Crippen LogP contribution is 2.38. The minimum atomic E-state index is -0.912. The fourth-order valence-corrected chi connectivity index (χ4v) is 5.72. The normalized spacial score (nSPS) is 17.1. The van der Waals surface area contributed by atoms with E-state index in [1.165, 1.54) is 34.1 Å². The molecular weight excluding hydrogens is 551 g/mol. The first-order valence-electron chi connectivity index (χ1n) is 14.6. The van der Waals surface area contributed by atoms with E-state index < -0.39 is 23.8 Å². The summed E-state index contributed by atoms with van der Waals surface area (Å²) in [6.45, 7) is -0.271. The maximum atomic E-state index is 13.7. The molecule has 0 aromatic heterocycles. The molecule has 10 heteroatoms. The molecule has 4 amide bonds. The minimum Gasteiger partial charge on any atom is -0.395 e. The van der Waals surface area contributed by atoms with Crippen molar-refractivity contribution < 1.29 is 29.0 Å². The van der Waals surface area contributed by atoms with E-state index in [1.54, 1.807) is 24.3 Å². The van der Waals surface area contributed by atoms with Crippen LogP contribution in [0.25, 0.3) is 0 Å². The number of urea groups is 1. The van der Waals surface area contributed by atoms with E-state index in [9.17, 15) is 29.0 Å². The summed E-state index contributed by atoms with van der Waals surface area (Å²) in [5.41, 5.74) is 8.55. The fourth-order valence-electron chi connectivity index (χ4n) is 5.72. The molecule has 0 aliphatic heterocycles. The lowest BCUT2D eigenvalue weighted by Gasteiger charge is -2.32. The number of amides is 4. The van der Waals surface area contributed by atoms with E-state index in [0.29, 0.717) is 17.7 Å². The van der Waals surface area contributed by atoms with Crippen LogP contribution in [0.3, 0.4) is 0 Å². The highest BCUT2D eigenvalue weighted by Gasteiger charge is 2.34. The molecule has 5 N–H and O–H groups in total. The zero-order valence-corrected chi connectivity index (χ0v) is 24.1. The molecule has 0 saturated heterocycles. The quantitative estimate of drug-likeness (QED) is 0.254. The third kappa shape index (κ3) is 8.18. The molecule has 0 heterocycles. The Morgan fingerprint density at radius 2 is 1.51 bits per heavy atom. The minimum absolute atomic E-state index is 0.0437. The molecule has 3 aromatic carbocycles. The van der Waals surface area contributed by atoms with E-state index >= 15 is 0 Å². The summed E-state index contributed by atoms with van der Waals surface area (Å²) in [5, 5.41) is 21.8. The fraction of sp³-hybridized carbons (Fsp3) is 0.364. The molecule has 9 nitrogen and oxygen atoms in total. The topological polar surface area (TPSA) is 136 Å². The van der Waals surface area contributed by atoms with Crippen LogP contribution < -0.4 is 16.0 Å². The Morgan fingerprint density at radius 3 is 2.12 bits per heavy atom. The number of nitrogens with one attached hydrogen (secondary N) is 1. The van der Waals surface area contributed by atoms with Gasteiger partial charge in [0.15, 0.2) is 0 Å². The third-order valence-electron chi connectivity index (χ3n) is 7.93. The zero-order chi connectivity index (χ0) is 30.8. The van der Waals surface area contributed by atoms with Crippen molar-refractivity contribution >= 4 is 23.5 Å². The van der Waals surface area contributed by atoms with Crippen LogP contribution in [-0.4, -0.2) is 59.3 Å². The molecule has 1 aliphatic rings. The Balaban J connectivity index is 1.53. The standard InChI is InChI=1S/C33H39FN4O5/c34-26-14-16-27(17-15-26)38(33(43)37(18-20-39)19-21-40)22-23-10-12-24(13-11-23)28-8-4-5-9-29(28)32(42)36-30(31(35)41)25-6-2-1-3-7-25/h1-3,6-7,10-17,28-30,39-40H,4-5,8-9,18-22H2,(H2,35,41)(H,36,42). The summed E-state index contributed by atoms with van der Waals surface area (Å²) in [6, 6.07) is 20.9. The van der Waals surface area contributed by atoms with Crippen LogP contribution in [0.4, 0.5) is 14.9 Å². The molecule has 3 aromatic rings. The Bertz CT molecular complexity index is 1350. The number of primary amides is 1. The predicted molar refractivity (Wildman–Crippen MR) is 161 cm³/mol. The largest absolute Gasteiger partial charge is 0.395 e. The average molecular weight is 591 g/mol. The molecule has 1 fully saturated rings. The molecule has 43 heavy (non-hydrogen) atoms. The molecule has 0 radical (unpaired) electrons. The maximum absolute atomic E-state index is 13.7. The van der Waals surface area contributed by atoms with Crippen molar-refractivity contribution in [3.8, 4) is 0 Å². The van der Waals surface area contributed by atoms with Crippen LogP contribution in [0, 0.1) is 11.7 Å². The van der Waals surface area contributed by atoms with Crippen molar-refractivity contribution in [2.45, 2.75) is 44.2 Å². The van der Waals surface area contributed by atoms with Crippen molar-refractivity contribution in [3.05, 3.63) is 101 Å². The average Bonchev–Trinajstić information content (AvgIpc) is 3.03. The Labute approximate surface area is 251 Å². The highest BCUT2D eigenvalue weighted by atomic mass is 19.1. The number of benzene rings is 3. The summed E-state index contributed by atoms with van der Waals surface area (Å²) >= 11 is 0. The van der Waals surface area contributed by atoms with Crippen molar-refractivity contribution in [3.63, 3.8) is 0 Å². The summed E-state index contributed by atoms with van der Waals surface area (Å²) < 4.78 is 13.7. The van der Waals surface area contributed by atoms with E-state index in [1.807, 2.05) is 30.3 Å². The number of nitrogens with two attached hydrogens (primary N) is 1. The summed E-state index contributed by atoms with van der Waals surface area (Å²) in [4.78, 5) is 42.0. The number of carbonyl (C=O) groups excluding carboxylic acids is 3. The van der Waals surface area contributed by atoms with Gasteiger partial charge in [-0.1, -0.05) is 67.4 Å². The van der Waals surface area contributed by atoms with Gasteiger partial charge < -0.3 is 26.2 Å². The first-order valence-corrected chi connectivity index (χ1v) is 14.6. The van der Waals surface area contributed by atoms with E-state index in [2.05, 4.69) is 5.32 Å². The van der Waals surface area contributed by atoms with Crippen molar-refractivity contribution in [1.82, 2.24) is 10.2 Å². The number of nitrogens with zero attached hydrogens (tertiary/aromatic N) is 2. The second kappa shape index (κ2) is 15.3. The predicted octanol–water partition coefficient (Wildman–Crippen LogP) is 3.86. The molecular formula is C33H39FN4O5. The van der Waals surface area contributed by atoms with Gasteiger partial charge >= 0.3 is 6.03 Å². The van der Waals surface area contributed by atoms with Crippen molar-refractivity contribution in [2.24, 2.45) is 11.7 Å². The van der Waals surface area contributed by atoms with Gasteiger partial charge in [-0.15, -0.1) is 0 Å². The molecule has 0 bridgehead atoms. The van der Waals surface area contributed by atoms with Gasteiger partial charge in [-0.2, -0.15) is 0 Å². The van der Waals surface area contributed by atoms with Crippen LogP contribution in [0.5, 0.6) is 0 Å². The van der Waals surface area contributed by atoms with Gasteiger partial charge in [0.05, 0.1) is 19.8 Å². The molecule has 3 atom stereocenters. The van der Waals surface area contributed by atoms with E-state index in [-0.39, 0.29) is 50.6 Å². The van der Waals surface area contributed by atoms with Gasteiger partial charge in [0.25, 0.3) is 0 Å². The van der Waals surface area contributed by atoms with Gasteiger partial charge in [0, 0.05) is 24.7 Å². The Morgan fingerprint density at radius 1 is 0.884 bits per heavy atom. The maximum Gasteiger partial charge on any atom is 0.324 e. The van der Waals surface area contributed by atoms with E-state index in [0.717, 1.165) is 30.4 Å². The van der Waals surface area contributed by atoms with Crippen LogP contribution in [0.15, 0.2) is 78.9 Å². The van der Waals surface area contributed by atoms with Gasteiger partial charge in [-0.3, -0.25) is 14.5 Å². The number of rotatable bonds is 12. The summed E-state index contributed by atoms with van der Waals surface area (Å²) in [5.74, 6) is -1.63. The zero-order valence-electron chi connectivity index (χ0n) is 24.1. The van der Waals surface area contributed by atoms with Gasteiger partial charge in [-0.25, -0.2) is 9.18 Å². The second-order valence-electron chi connectivity index (χ2n) is 10.8. The third-order valence-corrected chi connectivity index (χ3v) is 7.93. The lowest BCUT2D eigenvalue weighted by molar-refractivity contribution is -0.131. The summed E-state index contributed by atoms with van der Waals surface area (Å²) in [6.07, 6.45) is 3.40. The number of anilines is 1. The van der Waals surface area contributed by atoms with Gasteiger partial charge in [0.1, 0.15) is 11.9 Å². The van der Waals surface area contributed by atoms with Crippen LogP contribution in [0.1, 0.15) is 54.3 Å². The van der Waals surface area contributed by atoms with Crippen molar-refractivity contribution in [2.75, 3.05) is 31.2 Å². The number of carbonyl (C=O) groups is 3. The first kappa shape index (κ1) is 31.7. The molecule has 1 saturated carbocycles. The molecule has 1 aliphatic carbocycles. The smallest absolute Gasteiger partial charge is 0.324 e. The number of aliphatic hydroxyl groups excluding tert-OH is 2. The Hall–Kier alpha value is -4.28. The second-order valence-corrected chi connectivity index (χ2v) is 10.8. The summed E-state index contributed by atoms with van der Waals surface area (Å²) in [7, 11) is 0. The van der Waals surface area contributed by atoms with Crippen LogP contribution >= 0.6 is 0 Å². The number of hydrogen-bond acceptors (Lipinski definition) is 5. The molecule has 3 unspecified atom stereocenters. The van der Waals surface area contributed by atoms with Crippen molar-refractivity contribution in [1.29, 1.82) is 0 Å². The Kier molecular flexibility index (Phi) is 11.2. The lowest BCUT2D eigenvalue weighted by atomic mass is 9.74. The van der Waals surface area contributed by atoms with Crippen LogP contribution in [-0.2, 0) is 16.1 Å². The number of hydrogen-bond donors (Lipinski definition) is 4. The SMILES string of the molecule is NC(=O)C(NC(=O)C1CCCCC1c1ccc(CN(C(=O)N(CCO)CCO)c2ccc(F)cc2)cc1)c1ccccc1. The van der Waals surface area contributed by atoms with Crippen LogP contribution in [0.2, 0.25) is 0 Å².